The highest BCUT2D eigenvalue weighted by atomic mass is 19.4. The third kappa shape index (κ3) is 3.72. The highest BCUT2D eigenvalue weighted by molar-refractivity contribution is 5.91. The minimum absolute atomic E-state index is 0.0368. The van der Waals surface area contributed by atoms with Gasteiger partial charge in [-0.15, -0.1) is 5.10 Å². The van der Waals surface area contributed by atoms with E-state index in [1.54, 1.807) is 24.4 Å². The second kappa shape index (κ2) is 6.58. The number of aromatic amines is 1. The van der Waals surface area contributed by atoms with Crippen molar-refractivity contribution in [2.45, 2.75) is 31.9 Å². The van der Waals surface area contributed by atoms with Crippen LogP contribution in [-0.2, 0) is 4.79 Å². The van der Waals surface area contributed by atoms with E-state index in [1.165, 1.54) is 0 Å². The number of halogens is 3. The van der Waals surface area contributed by atoms with Gasteiger partial charge in [-0.2, -0.15) is 18.2 Å². The lowest BCUT2D eigenvalue weighted by atomic mass is 9.80. The normalized spacial score (nSPS) is 21.5. The molecule has 2 aromatic heterocycles. The molecule has 1 fully saturated rings. The van der Waals surface area contributed by atoms with Gasteiger partial charge in [0.1, 0.15) is 5.69 Å². The van der Waals surface area contributed by atoms with Gasteiger partial charge in [0, 0.05) is 12.1 Å². The van der Waals surface area contributed by atoms with Gasteiger partial charge in [-0.25, -0.2) is 0 Å². The summed E-state index contributed by atoms with van der Waals surface area (Å²) in [5, 5.41) is 9.00. The topological polar surface area (TPSA) is 83.6 Å². The number of amides is 1. The SMILES string of the molecule is O=C(Nc1n[nH]c(-c2ccccn2)n1)[C@@H]1CCC[C@H](C(F)(F)F)C1. The van der Waals surface area contributed by atoms with E-state index in [0.29, 0.717) is 24.4 Å². The molecule has 1 aliphatic rings. The molecule has 1 amide bonds. The number of carbonyl (C=O) groups excluding carboxylic acids is 1. The predicted octanol–water partition coefficient (Wildman–Crippen LogP) is 3.17. The Bertz CT molecular complexity index is 701. The minimum atomic E-state index is -4.25. The Morgan fingerprint density at radius 3 is 2.83 bits per heavy atom. The molecule has 2 atom stereocenters. The molecule has 24 heavy (non-hydrogen) atoms. The maximum absolute atomic E-state index is 12.8. The Morgan fingerprint density at radius 2 is 2.12 bits per heavy atom. The molecule has 0 aromatic carbocycles. The molecule has 9 heteroatoms. The molecule has 0 unspecified atom stereocenters. The number of carbonyl (C=O) groups is 1. The molecule has 1 saturated carbocycles. The van der Waals surface area contributed by atoms with Gasteiger partial charge in [-0.1, -0.05) is 12.5 Å². The van der Waals surface area contributed by atoms with E-state index in [4.69, 9.17) is 0 Å². The van der Waals surface area contributed by atoms with E-state index in [0.717, 1.165) is 0 Å². The Kier molecular flexibility index (Phi) is 4.50. The molecule has 0 radical (unpaired) electrons. The smallest absolute Gasteiger partial charge is 0.293 e. The van der Waals surface area contributed by atoms with Crippen molar-refractivity contribution < 1.29 is 18.0 Å². The number of nitrogens with zero attached hydrogens (tertiary/aromatic N) is 3. The summed E-state index contributed by atoms with van der Waals surface area (Å²) in [6, 6.07) is 5.26. The zero-order valence-electron chi connectivity index (χ0n) is 12.7. The number of hydrogen-bond acceptors (Lipinski definition) is 4. The fraction of sp³-hybridized carbons (Fsp3) is 0.467. The van der Waals surface area contributed by atoms with Gasteiger partial charge in [0.15, 0.2) is 5.82 Å². The zero-order chi connectivity index (χ0) is 17.2. The van der Waals surface area contributed by atoms with Gasteiger partial charge in [-0.05, 0) is 31.4 Å². The van der Waals surface area contributed by atoms with Gasteiger partial charge in [-0.3, -0.25) is 20.2 Å². The summed E-state index contributed by atoms with van der Waals surface area (Å²) in [6.45, 7) is 0. The largest absolute Gasteiger partial charge is 0.391 e. The van der Waals surface area contributed by atoms with Crippen LogP contribution in [0.1, 0.15) is 25.7 Å². The summed E-state index contributed by atoms with van der Waals surface area (Å²) >= 11 is 0. The first-order chi connectivity index (χ1) is 11.4. The second-order valence-electron chi connectivity index (χ2n) is 5.81. The van der Waals surface area contributed by atoms with E-state index in [1.807, 2.05) is 0 Å². The van der Waals surface area contributed by atoms with Crippen molar-refractivity contribution in [1.82, 2.24) is 20.2 Å². The lowest BCUT2D eigenvalue weighted by Gasteiger charge is -2.29. The van der Waals surface area contributed by atoms with E-state index in [2.05, 4.69) is 25.5 Å². The number of H-pyrrole nitrogens is 1. The van der Waals surface area contributed by atoms with Crippen LogP contribution in [0.15, 0.2) is 24.4 Å². The van der Waals surface area contributed by atoms with Gasteiger partial charge in [0.2, 0.25) is 11.9 Å². The van der Waals surface area contributed by atoms with Crippen molar-refractivity contribution in [2.75, 3.05) is 5.32 Å². The molecule has 0 spiro atoms. The third-order valence-electron chi connectivity index (χ3n) is 4.14. The molecule has 0 saturated heterocycles. The van der Waals surface area contributed by atoms with E-state index in [9.17, 15) is 18.0 Å². The quantitative estimate of drug-likeness (QED) is 0.900. The van der Waals surface area contributed by atoms with Crippen molar-refractivity contribution in [3.05, 3.63) is 24.4 Å². The standard InChI is InChI=1S/C15H16F3N5O/c16-15(17,18)10-5-3-4-9(8-10)13(24)21-14-20-12(22-23-14)11-6-1-2-7-19-11/h1-2,6-7,9-10H,3-5,8H2,(H2,20,21,22,23,24)/t9-,10+/m1/s1. The summed E-state index contributed by atoms with van der Waals surface area (Å²) in [6.07, 6.45) is -1.94. The van der Waals surface area contributed by atoms with Crippen LogP contribution in [0.25, 0.3) is 11.5 Å². The molecule has 2 heterocycles. The molecule has 3 rings (SSSR count). The molecule has 128 valence electrons. The number of aromatic nitrogens is 4. The molecule has 0 bridgehead atoms. The number of alkyl halides is 3. The monoisotopic (exact) mass is 339 g/mol. The number of pyridine rings is 1. The number of nitrogens with one attached hydrogen (secondary N) is 2. The van der Waals surface area contributed by atoms with Crippen LogP contribution in [0.5, 0.6) is 0 Å². The Balaban J connectivity index is 1.64. The molecule has 2 aromatic rings. The van der Waals surface area contributed by atoms with Crippen molar-refractivity contribution in [2.24, 2.45) is 11.8 Å². The first kappa shape index (κ1) is 16.4. The minimum Gasteiger partial charge on any atom is -0.293 e. The van der Waals surface area contributed by atoms with Crippen LogP contribution < -0.4 is 5.32 Å². The van der Waals surface area contributed by atoms with Crippen molar-refractivity contribution in [1.29, 1.82) is 0 Å². The van der Waals surface area contributed by atoms with Crippen LogP contribution in [0.3, 0.4) is 0 Å². The highest BCUT2D eigenvalue weighted by Crippen LogP contribution is 2.40. The highest BCUT2D eigenvalue weighted by Gasteiger charge is 2.43. The zero-order valence-corrected chi connectivity index (χ0v) is 12.7. The van der Waals surface area contributed by atoms with Gasteiger partial charge >= 0.3 is 6.18 Å². The van der Waals surface area contributed by atoms with Crippen LogP contribution >= 0.6 is 0 Å². The molecular formula is C15H16F3N5O. The van der Waals surface area contributed by atoms with Crippen LogP contribution in [0, 0.1) is 11.8 Å². The van der Waals surface area contributed by atoms with Crippen LogP contribution in [0.4, 0.5) is 19.1 Å². The average molecular weight is 339 g/mol. The number of rotatable bonds is 3. The van der Waals surface area contributed by atoms with E-state index in [-0.39, 0.29) is 18.8 Å². The maximum atomic E-state index is 12.8. The fourth-order valence-corrected chi connectivity index (χ4v) is 2.87. The summed E-state index contributed by atoms with van der Waals surface area (Å²) in [7, 11) is 0. The number of hydrogen-bond donors (Lipinski definition) is 2. The fourth-order valence-electron chi connectivity index (χ4n) is 2.87. The first-order valence-corrected chi connectivity index (χ1v) is 7.65. The maximum Gasteiger partial charge on any atom is 0.391 e. The first-order valence-electron chi connectivity index (χ1n) is 7.65. The van der Waals surface area contributed by atoms with Crippen molar-refractivity contribution in [3.63, 3.8) is 0 Å². The number of anilines is 1. The third-order valence-corrected chi connectivity index (χ3v) is 4.14. The molecular weight excluding hydrogens is 323 g/mol. The lowest BCUT2D eigenvalue weighted by Crippen LogP contribution is -2.34. The van der Waals surface area contributed by atoms with E-state index < -0.39 is 23.9 Å². The molecule has 0 aliphatic heterocycles. The summed E-state index contributed by atoms with van der Waals surface area (Å²) in [5.74, 6) is -2.16. The Morgan fingerprint density at radius 1 is 1.29 bits per heavy atom. The molecule has 1 aliphatic carbocycles. The van der Waals surface area contributed by atoms with Crippen molar-refractivity contribution >= 4 is 11.9 Å². The van der Waals surface area contributed by atoms with E-state index >= 15 is 0 Å². The lowest BCUT2D eigenvalue weighted by molar-refractivity contribution is -0.185. The van der Waals surface area contributed by atoms with Crippen LogP contribution in [0.2, 0.25) is 0 Å². The second-order valence-corrected chi connectivity index (χ2v) is 5.81. The molecule has 2 N–H and O–H groups in total. The average Bonchev–Trinajstić information content (AvgIpc) is 3.03. The molecule has 6 nitrogen and oxygen atoms in total. The summed E-state index contributed by atoms with van der Waals surface area (Å²) in [4.78, 5) is 20.4. The summed E-state index contributed by atoms with van der Waals surface area (Å²) in [5.41, 5.74) is 0.556. The Labute approximate surface area is 135 Å². The van der Waals surface area contributed by atoms with Gasteiger partial charge in [0.25, 0.3) is 0 Å². The predicted molar refractivity (Wildman–Crippen MR) is 79.7 cm³/mol. The van der Waals surface area contributed by atoms with Gasteiger partial charge in [0.05, 0.1) is 5.92 Å². The van der Waals surface area contributed by atoms with Crippen molar-refractivity contribution in [3.8, 4) is 11.5 Å². The Hall–Kier alpha value is -2.45. The summed E-state index contributed by atoms with van der Waals surface area (Å²) < 4.78 is 38.5. The van der Waals surface area contributed by atoms with Gasteiger partial charge < -0.3 is 0 Å². The van der Waals surface area contributed by atoms with Crippen LogP contribution in [-0.4, -0.2) is 32.2 Å².